The third-order valence-corrected chi connectivity index (χ3v) is 3.56. The van der Waals surface area contributed by atoms with Crippen LogP contribution in [0, 0.1) is 17.8 Å². The fourth-order valence-corrected chi connectivity index (χ4v) is 2.44. The maximum Gasteiger partial charge on any atom is -0.0319 e. The second-order valence-electron chi connectivity index (χ2n) is 5.14. The van der Waals surface area contributed by atoms with Gasteiger partial charge in [-0.1, -0.05) is 45.1 Å². The Hall–Kier alpha value is -0.520. The highest BCUT2D eigenvalue weighted by Gasteiger charge is 2.19. The Kier molecular flexibility index (Phi) is 5.75. The van der Waals surface area contributed by atoms with Crippen LogP contribution in [0.1, 0.15) is 52.9 Å². The van der Waals surface area contributed by atoms with E-state index in [1.807, 2.05) is 0 Å². The molecule has 1 rings (SSSR count). The molecule has 0 N–H and O–H groups in total. The molecule has 0 heteroatoms. The first kappa shape index (κ1) is 12.5. The molecule has 0 bridgehead atoms. The predicted molar refractivity (Wildman–Crippen MR) is 68.9 cm³/mol. The third kappa shape index (κ3) is 4.68. The van der Waals surface area contributed by atoms with Crippen molar-refractivity contribution in [2.75, 3.05) is 0 Å². The van der Waals surface area contributed by atoms with Gasteiger partial charge in [-0.3, -0.25) is 0 Å². The lowest BCUT2D eigenvalue weighted by Gasteiger charge is -2.27. The minimum Gasteiger partial charge on any atom is -0.0888 e. The van der Waals surface area contributed by atoms with Crippen molar-refractivity contribution in [1.82, 2.24) is 0 Å². The second-order valence-corrected chi connectivity index (χ2v) is 5.14. The van der Waals surface area contributed by atoms with Gasteiger partial charge in [0.15, 0.2) is 0 Å². The van der Waals surface area contributed by atoms with Crippen LogP contribution in [0.25, 0.3) is 0 Å². The van der Waals surface area contributed by atoms with E-state index in [4.69, 9.17) is 0 Å². The first-order valence-electron chi connectivity index (χ1n) is 6.54. The van der Waals surface area contributed by atoms with Crippen LogP contribution < -0.4 is 0 Å². The Bertz CT molecular complexity index is 212. The van der Waals surface area contributed by atoms with Crippen molar-refractivity contribution >= 4 is 0 Å². The summed E-state index contributed by atoms with van der Waals surface area (Å²) in [5, 5.41) is 0. The summed E-state index contributed by atoms with van der Waals surface area (Å²) in [6.07, 6.45) is 15.8. The molecule has 0 saturated heterocycles. The molecule has 0 aliphatic heterocycles. The molecule has 0 fully saturated rings. The Labute approximate surface area is 95.5 Å². The zero-order valence-electron chi connectivity index (χ0n) is 10.6. The summed E-state index contributed by atoms with van der Waals surface area (Å²) in [6, 6.07) is 0. The van der Waals surface area contributed by atoms with Gasteiger partial charge in [0.2, 0.25) is 0 Å². The normalized spacial score (nSPS) is 28.5. The van der Waals surface area contributed by atoms with Crippen LogP contribution in [0.15, 0.2) is 24.3 Å². The van der Waals surface area contributed by atoms with Gasteiger partial charge in [0, 0.05) is 0 Å². The molecule has 0 saturated carbocycles. The van der Waals surface area contributed by atoms with Crippen molar-refractivity contribution in [3.8, 4) is 0 Å². The van der Waals surface area contributed by atoms with Crippen LogP contribution in [0.4, 0.5) is 0 Å². The maximum atomic E-state index is 2.41. The molecule has 86 valence electrons. The quantitative estimate of drug-likeness (QED) is 0.557. The summed E-state index contributed by atoms with van der Waals surface area (Å²) < 4.78 is 0. The van der Waals surface area contributed by atoms with Crippen molar-refractivity contribution in [3.05, 3.63) is 24.3 Å². The number of hydrogen-bond acceptors (Lipinski definition) is 0. The van der Waals surface area contributed by atoms with Crippen LogP contribution in [0.3, 0.4) is 0 Å². The van der Waals surface area contributed by atoms with Gasteiger partial charge in [0.05, 0.1) is 0 Å². The molecule has 15 heavy (non-hydrogen) atoms. The molecule has 3 unspecified atom stereocenters. The molecular formula is C15H26. The molecule has 0 heterocycles. The fraction of sp³-hybridized carbons (Fsp3) is 0.733. The summed E-state index contributed by atoms with van der Waals surface area (Å²) in [5.74, 6) is 2.68. The highest BCUT2D eigenvalue weighted by Crippen LogP contribution is 2.31. The van der Waals surface area contributed by atoms with Gasteiger partial charge in [-0.25, -0.2) is 0 Å². The van der Waals surface area contributed by atoms with E-state index in [9.17, 15) is 0 Å². The summed E-state index contributed by atoms with van der Waals surface area (Å²) in [6.45, 7) is 7.00. The fourth-order valence-electron chi connectivity index (χ4n) is 2.44. The van der Waals surface area contributed by atoms with Gasteiger partial charge in [0.25, 0.3) is 0 Å². The van der Waals surface area contributed by atoms with E-state index >= 15 is 0 Å². The molecule has 0 aromatic heterocycles. The van der Waals surface area contributed by atoms with E-state index in [-0.39, 0.29) is 0 Å². The van der Waals surface area contributed by atoms with E-state index in [1.165, 1.54) is 32.1 Å². The molecule has 1 aliphatic rings. The average molecular weight is 206 g/mol. The molecular weight excluding hydrogens is 180 g/mol. The lowest BCUT2D eigenvalue weighted by molar-refractivity contribution is 0.285. The highest BCUT2D eigenvalue weighted by atomic mass is 14.2. The minimum atomic E-state index is 0.853. The summed E-state index contributed by atoms with van der Waals surface area (Å²) in [7, 11) is 0. The van der Waals surface area contributed by atoms with Gasteiger partial charge in [-0.05, 0) is 49.9 Å². The van der Waals surface area contributed by atoms with E-state index in [1.54, 1.807) is 0 Å². The first-order chi connectivity index (χ1) is 7.24. The van der Waals surface area contributed by atoms with Crippen LogP contribution in [0.2, 0.25) is 0 Å². The van der Waals surface area contributed by atoms with Crippen molar-refractivity contribution < 1.29 is 0 Å². The average Bonchev–Trinajstić information content (AvgIpc) is 2.22. The Balaban J connectivity index is 2.27. The van der Waals surface area contributed by atoms with Crippen molar-refractivity contribution in [3.63, 3.8) is 0 Å². The van der Waals surface area contributed by atoms with Gasteiger partial charge in [-0.2, -0.15) is 0 Å². The van der Waals surface area contributed by atoms with Crippen molar-refractivity contribution in [1.29, 1.82) is 0 Å². The third-order valence-electron chi connectivity index (χ3n) is 3.56. The SMILES string of the molecule is CCC=CCC(C)CC1CC=CCC1C. The standard InChI is InChI=1S/C15H26/c1-4-5-6-9-13(2)12-15-11-8-7-10-14(15)3/h5-8,13-15H,4,9-12H2,1-3H3. The second kappa shape index (κ2) is 6.87. The molecule has 0 radical (unpaired) electrons. The Morgan fingerprint density at radius 3 is 2.67 bits per heavy atom. The number of rotatable bonds is 5. The molecule has 0 aromatic rings. The molecule has 0 amide bonds. The molecule has 3 atom stereocenters. The van der Waals surface area contributed by atoms with Crippen molar-refractivity contribution in [2.24, 2.45) is 17.8 Å². The largest absolute Gasteiger partial charge is 0.0888 e. The molecule has 0 aromatic carbocycles. The zero-order valence-corrected chi connectivity index (χ0v) is 10.6. The van der Waals surface area contributed by atoms with Crippen LogP contribution in [0.5, 0.6) is 0 Å². The number of allylic oxidation sites excluding steroid dienone is 4. The van der Waals surface area contributed by atoms with Gasteiger partial charge >= 0.3 is 0 Å². The molecule has 1 aliphatic carbocycles. The minimum absolute atomic E-state index is 0.853. The zero-order chi connectivity index (χ0) is 11.1. The van der Waals surface area contributed by atoms with E-state index in [0.29, 0.717) is 0 Å². The molecule has 0 spiro atoms. The summed E-state index contributed by atoms with van der Waals surface area (Å²) in [5.41, 5.74) is 0. The van der Waals surface area contributed by atoms with Crippen LogP contribution >= 0.6 is 0 Å². The number of hydrogen-bond donors (Lipinski definition) is 0. The molecule has 0 nitrogen and oxygen atoms in total. The maximum absolute atomic E-state index is 2.41. The van der Waals surface area contributed by atoms with E-state index in [2.05, 4.69) is 45.1 Å². The predicted octanol–water partition coefficient (Wildman–Crippen LogP) is 4.97. The summed E-state index contributed by atoms with van der Waals surface area (Å²) in [4.78, 5) is 0. The van der Waals surface area contributed by atoms with Gasteiger partial charge in [0.1, 0.15) is 0 Å². The van der Waals surface area contributed by atoms with Crippen LogP contribution in [-0.2, 0) is 0 Å². The van der Waals surface area contributed by atoms with Gasteiger partial charge in [-0.15, -0.1) is 0 Å². The highest BCUT2D eigenvalue weighted by molar-refractivity contribution is 4.94. The Morgan fingerprint density at radius 2 is 2.00 bits per heavy atom. The van der Waals surface area contributed by atoms with E-state index in [0.717, 1.165) is 17.8 Å². The van der Waals surface area contributed by atoms with Crippen LogP contribution in [-0.4, -0.2) is 0 Å². The monoisotopic (exact) mass is 206 g/mol. The van der Waals surface area contributed by atoms with Gasteiger partial charge < -0.3 is 0 Å². The summed E-state index contributed by atoms with van der Waals surface area (Å²) >= 11 is 0. The Morgan fingerprint density at radius 1 is 1.27 bits per heavy atom. The van der Waals surface area contributed by atoms with E-state index < -0.39 is 0 Å². The lowest BCUT2D eigenvalue weighted by atomic mass is 9.78. The topological polar surface area (TPSA) is 0 Å². The van der Waals surface area contributed by atoms with Crippen molar-refractivity contribution in [2.45, 2.75) is 52.9 Å². The first-order valence-corrected chi connectivity index (χ1v) is 6.54. The lowest BCUT2D eigenvalue weighted by Crippen LogP contribution is -2.16. The smallest absolute Gasteiger partial charge is 0.0319 e.